The number of carbonyl (C=O) groups is 1. The van der Waals surface area contributed by atoms with Crippen molar-refractivity contribution in [1.29, 1.82) is 0 Å². The van der Waals surface area contributed by atoms with Crippen molar-refractivity contribution >= 4 is 28.8 Å². The Morgan fingerprint density at radius 1 is 1.29 bits per heavy atom. The smallest absolute Gasteiger partial charge is 0.260 e. The Kier molecular flexibility index (Phi) is 5.07. The molecule has 0 N–H and O–H groups in total. The van der Waals surface area contributed by atoms with Gasteiger partial charge in [-0.05, 0) is 46.8 Å². The number of tetrazole rings is 1. The molecule has 3 rings (SSSR count). The fraction of sp³-hybridized carbons (Fsp3) is 0.200. The standard InChI is InChI=1S/C15H14ClN5O2S/c1-20(8-13-6-7-14(16)24-13)15(22)9-23-12-4-2-11(3-5-12)21-10-17-18-19-21/h2-7,10H,8-9H2,1H3. The maximum Gasteiger partial charge on any atom is 0.260 e. The van der Waals surface area contributed by atoms with Gasteiger partial charge in [0.25, 0.3) is 5.91 Å². The third-order valence-electron chi connectivity index (χ3n) is 3.26. The second-order valence-corrected chi connectivity index (χ2v) is 6.79. The van der Waals surface area contributed by atoms with Gasteiger partial charge in [-0.2, -0.15) is 0 Å². The number of aromatic nitrogens is 4. The molecule has 0 saturated carbocycles. The SMILES string of the molecule is CN(Cc1ccc(Cl)s1)C(=O)COc1ccc(-n2cnnn2)cc1. The van der Waals surface area contributed by atoms with Crippen LogP contribution in [-0.4, -0.2) is 44.7 Å². The number of hydrogen-bond donors (Lipinski definition) is 0. The van der Waals surface area contributed by atoms with E-state index in [1.165, 1.54) is 22.3 Å². The zero-order valence-electron chi connectivity index (χ0n) is 12.8. The average Bonchev–Trinajstić information content (AvgIpc) is 3.25. The van der Waals surface area contributed by atoms with E-state index in [1.54, 1.807) is 24.1 Å². The molecule has 24 heavy (non-hydrogen) atoms. The van der Waals surface area contributed by atoms with Crippen LogP contribution in [0.2, 0.25) is 4.34 Å². The molecule has 0 unspecified atom stereocenters. The predicted octanol–water partition coefficient (Wildman–Crippen LogP) is 2.41. The lowest BCUT2D eigenvalue weighted by Crippen LogP contribution is -2.30. The van der Waals surface area contributed by atoms with Gasteiger partial charge >= 0.3 is 0 Å². The Hall–Kier alpha value is -2.45. The highest BCUT2D eigenvalue weighted by atomic mass is 35.5. The van der Waals surface area contributed by atoms with Gasteiger partial charge in [-0.3, -0.25) is 4.79 Å². The summed E-state index contributed by atoms with van der Waals surface area (Å²) in [6.45, 7) is 0.484. The third-order valence-corrected chi connectivity index (χ3v) is 4.48. The van der Waals surface area contributed by atoms with E-state index in [-0.39, 0.29) is 12.5 Å². The molecule has 1 aromatic carbocycles. The maximum atomic E-state index is 12.1. The molecule has 1 amide bonds. The zero-order chi connectivity index (χ0) is 16.9. The summed E-state index contributed by atoms with van der Waals surface area (Å²) in [4.78, 5) is 14.8. The largest absolute Gasteiger partial charge is 0.484 e. The summed E-state index contributed by atoms with van der Waals surface area (Å²) >= 11 is 7.35. The van der Waals surface area contributed by atoms with Crippen LogP contribution in [-0.2, 0) is 11.3 Å². The fourth-order valence-corrected chi connectivity index (χ4v) is 3.13. The number of amides is 1. The Morgan fingerprint density at radius 2 is 2.08 bits per heavy atom. The highest BCUT2D eigenvalue weighted by Crippen LogP contribution is 2.22. The molecular formula is C15H14ClN5O2S. The molecule has 0 aliphatic heterocycles. The van der Waals surface area contributed by atoms with Crippen LogP contribution < -0.4 is 4.74 Å². The summed E-state index contributed by atoms with van der Waals surface area (Å²) in [6.07, 6.45) is 1.51. The van der Waals surface area contributed by atoms with Gasteiger partial charge in [-0.1, -0.05) is 11.6 Å². The van der Waals surface area contributed by atoms with Crippen LogP contribution in [0, 0.1) is 0 Å². The van der Waals surface area contributed by atoms with Gasteiger partial charge in [-0.25, -0.2) is 4.68 Å². The molecule has 0 aliphatic carbocycles. The molecule has 0 saturated heterocycles. The molecule has 0 atom stereocenters. The van der Waals surface area contributed by atoms with Crippen LogP contribution in [0.3, 0.4) is 0 Å². The van der Waals surface area contributed by atoms with Gasteiger partial charge in [0.15, 0.2) is 6.61 Å². The quantitative estimate of drug-likeness (QED) is 0.672. The minimum absolute atomic E-state index is 0.0279. The Morgan fingerprint density at radius 3 is 2.71 bits per heavy atom. The first-order chi connectivity index (χ1) is 11.6. The van der Waals surface area contributed by atoms with Gasteiger partial charge < -0.3 is 9.64 Å². The van der Waals surface area contributed by atoms with Crippen LogP contribution in [0.4, 0.5) is 0 Å². The van der Waals surface area contributed by atoms with Crippen LogP contribution in [0.1, 0.15) is 4.88 Å². The van der Waals surface area contributed by atoms with Gasteiger partial charge in [0.1, 0.15) is 12.1 Å². The van der Waals surface area contributed by atoms with E-state index < -0.39 is 0 Å². The van der Waals surface area contributed by atoms with Crippen LogP contribution in [0.15, 0.2) is 42.7 Å². The summed E-state index contributed by atoms with van der Waals surface area (Å²) in [7, 11) is 1.74. The van der Waals surface area contributed by atoms with Crippen molar-refractivity contribution in [1.82, 2.24) is 25.1 Å². The molecule has 2 aromatic heterocycles. The summed E-state index contributed by atoms with van der Waals surface area (Å²) in [5.74, 6) is 0.497. The van der Waals surface area contributed by atoms with Gasteiger partial charge in [0.05, 0.1) is 16.6 Å². The van der Waals surface area contributed by atoms with E-state index in [0.29, 0.717) is 16.6 Å². The monoisotopic (exact) mass is 363 g/mol. The lowest BCUT2D eigenvalue weighted by atomic mass is 10.3. The zero-order valence-corrected chi connectivity index (χ0v) is 14.4. The second kappa shape index (κ2) is 7.41. The second-order valence-electron chi connectivity index (χ2n) is 4.99. The van der Waals surface area contributed by atoms with E-state index in [4.69, 9.17) is 16.3 Å². The molecule has 2 heterocycles. The third kappa shape index (κ3) is 4.09. The summed E-state index contributed by atoms with van der Waals surface area (Å²) < 4.78 is 7.78. The highest BCUT2D eigenvalue weighted by molar-refractivity contribution is 7.16. The van der Waals surface area contributed by atoms with Crippen LogP contribution >= 0.6 is 22.9 Å². The number of rotatable bonds is 6. The minimum atomic E-state index is -0.107. The molecule has 0 radical (unpaired) electrons. The molecule has 9 heteroatoms. The number of likely N-dealkylation sites (N-methyl/N-ethyl adjacent to an activating group) is 1. The number of thiophene rings is 1. The number of carbonyl (C=O) groups excluding carboxylic acids is 1. The van der Waals surface area contributed by atoms with E-state index >= 15 is 0 Å². The fourth-order valence-electron chi connectivity index (χ4n) is 1.99. The highest BCUT2D eigenvalue weighted by Gasteiger charge is 2.11. The first kappa shape index (κ1) is 16.4. The van der Waals surface area contributed by atoms with Crippen molar-refractivity contribution in [3.63, 3.8) is 0 Å². The topological polar surface area (TPSA) is 73.1 Å². The first-order valence-electron chi connectivity index (χ1n) is 7.06. The lowest BCUT2D eigenvalue weighted by molar-refractivity contribution is -0.132. The molecule has 0 fully saturated rings. The van der Waals surface area contributed by atoms with Crippen molar-refractivity contribution in [3.8, 4) is 11.4 Å². The van der Waals surface area contributed by atoms with Crippen molar-refractivity contribution < 1.29 is 9.53 Å². The normalized spacial score (nSPS) is 10.6. The van der Waals surface area contributed by atoms with Crippen molar-refractivity contribution in [2.45, 2.75) is 6.54 Å². The van der Waals surface area contributed by atoms with Gasteiger partial charge in [0, 0.05) is 11.9 Å². The van der Waals surface area contributed by atoms with Crippen LogP contribution in [0.5, 0.6) is 5.75 Å². The summed E-state index contributed by atoms with van der Waals surface area (Å²) in [5.41, 5.74) is 0.811. The van der Waals surface area contributed by atoms with E-state index in [0.717, 1.165) is 10.6 Å². The van der Waals surface area contributed by atoms with Crippen molar-refractivity contribution in [3.05, 3.63) is 51.9 Å². The average molecular weight is 364 g/mol. The van der Waals surface area contributed by atoms with Crippen LogP contribution in [0.25, 0.3) is 5.69 Å². The van der Waals surface area contributed by atoms with Gasteiger partial charge in [0.2, 0.25) is 0 Å². The predicted molar refractivity (Wildman–Crippen MR) is 90.5 cm³/mol. The number of halogens is 1. The Balaban J connectivity index is 1.52. The summed E-state index contributed by atoms with van der Waals surface area (Å²) in [6, 6.07) is 10.9. The number of hydrogen-bond acceptors (Lipinski definition) is 6. The molecular weight excluding hydrogens is 350 g/mol. The number of nitrogens with zero attached hydrogens (tertiary/aromatic N) is 5. The van der Waals surface area contributed by atoms with Crippen molar-refractivity contribution in [2.75, 3.05) is 13.7 Å². The van der Waals surface area contributed by atoms with E-state index in [2.05, 4.69) is 15.5 Å². The maximum absolute atomic E-state index is 12.1. The molecule has 0 aliphatic rings. The van der Waals surface area contributed by atoms with Gasteiger partial charge in [-0.15, -0.1) is 16.4 Å². The first-order valence-corrected chi connectivity index (χ1v) is 8.25. The number of ether oxygens (including phenoxy) is 1. The van der Waals surface area contributed by atoms with E-state index in [1.807, 2.05) is 24.3 Å². The Labute approximate surface area is 147 Å². The molecule has 0 spiro atoms. The molecule has 7 nitrogen and oxygen atoms in total. The summed E-state index contributed by atoms with van der Waals surface area (Å²) in [5, 5.41) is 11.0. The van der Waals surface area contributed by atoms with Crippen molar-refractivity contribution in [2.24, 2.45) is 0 Å². The number of benzene rings is 1. The molecule has 124 valence electrons. The lowest BCUT2D eigenvalue weighted by Gasteiger charge is -2.16. The van der Waals surface area contributed by atoms with E-state index in [9.17, 15) is 4.79 Å². The molecule has 0 bridgehead atoms. The molecule has 3 aromatic rings. The Bertz CT molecular complexity index is 804. The minimum Gasteiger partial charge on any atom is -0.484 e.